The first kappa shape index (κ1) is 24.1. The number of carbonyl (C=O) groups is 1. The number of hydrogen-bond donors (Lipinski definition) is 3. The fourth-order valence-corrected chi connectivity index (χ4v) is 4.63. The Morgan fingerprint density at radius 3 is 2.69 bits per heavy atom. The highest BCUT2D eigenvalue weighted by Crippen LogP contribution is 2.24. The molecule has 0 saturated carbocycles. The summed E-state index contributed by atoms with van der Waals surface area (Å²) in [5, 5.41) is 10.2. The van der Waals surface area contributed by atoms with Crippen molar-refractivity contribution in [1.82, 2.24) is 20.5 Å². The van der Waals surface area contributed by atoms with Gasteiger partial charge in [0.2, 0.25) is 5.91 Å². The Balaban J connectivity index is 0.00000300. The summed E-state index contributed by atoms with van der Waals surface area (Å²) in [7, 11) is 0. The molecule has 164 valence electrons. The van der Waals surface area contributed by atoms with Gasteiger partial charge in [-0.05, 0) is 32.6 Å². The van der Waals surface area contributed by atoms with Gasteiger partial charge in [0.15, 0.2) is 11.1 Å². The zero-order valence-corrected chi connectivity index (χ0v) is 20.4. The molecular formula is C19H34IN7OS. The highest BCUT2D eigenvalue weighted by Gasteiger charge is 2.21. The van der Waals surface area contributed by atoms with Crippen molar-refractivity contribution < 1.29 is 4.79 Å². The molecule has 29 heavy (non-hydrogen) atoms. The standard InChI is InChI=1S/C19H33N7OS.HI/c1-2-21-18(23-15-6-11-25(12-7-15)13-17(20)27)22-8-5-16-14-28-19(24-16)26-9-3-4-10-26;/h14-15H,2-13H2,1H3,(H2,20,27)(H2,21,22,23);1H. The molecule has 1 aromatic heterocycles. The van der Waals surface area contributed by atoms with Crippen molar-refractivity contribution in [3.63, 3.8) is 0 Å². The molecule has 8 nitrogen and oxygen atoms in total. The molecule has 10 heteroatoms. The van der Waals surface area contributed by atoms with Crippen LogP contribution in [0.3, 0.4) is 0 Å². The molecule has 2 aliphatic heterocycles. The van der Waals surface area contributed by atoms with E-state index in [1.807, 2.05) is 0 Å². The minimum atomic E-state index is -0.253. The Morgan fingerprint density at radius 1 is 1.31 bits per heavy atom. The fraction of sp³-hybridized carbons (Fsp3) is 0.737. The van der Waals surface area contributed by atoms with Gasteiger partial charge in [-0.15, -0.1) is 35.3 Å². The lowest BCUT2D eigenvalue weighted by atomic mass is 10.1. The van der Waals surface area contributed by atoms with Crippen LogP contribution in [0.1, 0.15) is 38.3 Å². The molecule has 3 heterocycles. The van der Waals surface area contributed by atoms with E-state index in [-0.39, 0.29) is 29.9 Å². The van der Waals surface area contributed by atoms with Gasteiger partial charge in [-0.1, -0.05) is 0 Å². The summed E-state index contributed by atoms with van der Waals surface area (Å²) < 4.78 is 0. The monoisotopic (exact) mass is 535 g/mol. The number of anilines is 1. The molecule has 2 saturated heterocycles. The van der Waals surface area contributed by atoms with E-state index in [1.165, 1.54) is 12.8 Å². The van der Waals surface area contributed by atoms with Crippen molar-refractivity contribution in [2.45, 2.75) is 45.1 Å². The number of halogens is 1. The number of thiazole rings is 1. The predicted molar refractivity (Wildman–Crippen MR) is 130 cm³/mol. The summed E-state index contributed by atoms with van der Waals surface area (Å²) in [6.45, 7) is 8.04. The molecule has 2 aliphatic rings. The average molecular weight is 536 g/mol. The van der Waals surface area contributed by atoms with Gasteiger partial charge in [0, 0.05) is 57.1 Å². The maximum Gasteiger partial charge on any atom is 0.231 e. The smallest absolute Gasteiger partial charge is 0.231 e. The third kappa shape index (κ3) is 7.89. The van der Waals surface area contributed by atoms with Crippen molar-refractivity contribution >= 4 is 52.3 Å². The van der Waals surface area contributed by atoms with Gasteiger partial charge in [-0.2, -0.15) is 0 Å². The van der Waals surface area contributed by atoms with Crippen molar-refractivity contribution in [2.24, 2.45) is 10.7 Å². The molecule has 1 amide bonds. The third-order valence-corrected chi connectivity index (χ3v) is 6.16. The highest BCUT2D eigenvalue weighted by molar-refractivity contribution is 14.0. The molecule has 0 aliphatic carbocycles. The summed E-state index contributed by atoms with van der Waals surface area (Å²) in [5.74, 6) is 0.613. The third-order valence-electron chi connectivity index (χ3n) is 5.21. The first-order valence-corrected chi connectivity index (χ1v) is 11.3. The van der Waals surface area contributed by atoms with E-state index < -0.39 is 0 Å². The van der Waals surface area contributed by atoms with Crippen LogP contribution in [0.15, 0.2) is 10.4 Å². The quantitative estimate of drug-likeness (QED) is 0.265. The van der Waals surface area contributed by atoms with Crippen LogP contribution >= 0.6 is 35.3 Å². The number of likely N-dealkylation sites (tertiary alicyclic amines) is 1. The highest BCUT2D eigenvalue weighted by atomic mass is 127. The molecular weight excluding hydrogens is 501 g/mol. The summed E-state index contributed by atoms with van der Waals surface area (Å²) >= 11 is 1.75. The van der Waals surface area contributed by atoms with Crippen molar-refractivity contribution in [2.75, 3.05) is 50.7 Å². The number of amides is 1. The van der Waals surface area contributed by atoms with Gasteiger partial charge in [0.25, 0.3) is 0 Å². The van der Waals surface area contributed by atoms with Crippen LogP contribution < -0.4 is 21.3 Å². The summed E-state index contributed by atoms with van der Waals surface area (Å²) in [6, 6.07) is 0.378. The number of hydrogen-bond acceptors (Lipinski definition) is 6. The number of rotatable bonds is 8. The number of aromatic nitrogens is 1. The number of nitrogens with zero attached hydrogens (tertiary/aromatic N) is 4. The van der Waals surface area contributed by atoms with Crippen LogP contribution in [0.4, 0.5) is 5.13 Å². The number of nitrogens with two attached hydrogens (primary N) is 1. The number of primary amides is 1. The summed E-state index contributed by atoms with van der Waals surface area (Å²) in [5.41, 5.74) is 6.42. The van der Waals surface area contributed by atoms with Gasteiger partial charge >= 0.3 is 0 Å². The van der Waals surface area contributed by atoms with E-state index in [0.29, 0.717) is 12.6 Å². The van der Waals surface area contributed by atoms with Gasteiger partial charge < -0.3 is 21.3 Å². The Labute approximate surface area is 194 Å². The van der Waals surface area contributed by atoms with Crippen LogP contribution in [-0.2, 0) is 11.2 Å². The zero-order valence-electron chi connectivity index (χ0n) is 17.2. The number of guanidine groups is 1. The van der Waals surface area contributed by atoms with Crippen LogP contribution in [0, 0.1) is 0 Å². The number of carbonyl (C=O) groups excluding carboxylic acids is 1. The Bertz CT molecular complexity index is 655. The molecule has 0 unspecified atom stereocenters. The van der Waals surface area contributed by atoms with Gasteiger partial charge in [-0.25, -0.2) is 4.98 Å². The maximum atomic E-state index is 11.1. The van der Waals surface area contributed by atoms with E-state index in [0.717, 1.165) is 75.3 Å². The minimum absolute atomic E-state index is 0. The van der Waals surface area contributed by atoms with Crippen molar-refractivity contribution in [3.8, 4) is 0 Å². The van der Waals surface area contributed by atoms with Gasteiger partial charge in [0.1, 0.15) is 0 Å². The minimum Gasteiger partial charge on any atom is -0.369 e. The van der Waals surface area contributed by atoms with Crippen LogP contribution in [0.5, 0.6) is 0 Å². The second-order valence-electron chi connectivity index (χ2n) is 7.49. The van der Waals surface area contributed by atoms with Crippen LogP contribution in [-0.4, -0.2) is 73.6 Å². The van der Waals surface area contributed by atoms with Crippen LogP contribution in [0.2, 0.25) is 0 Å². The Morgan fingerprint density at radius 2 is 2.03 bits per heavy atom. The first-order valence-electron chi connectivity index (χ1n) is 10.4. The normalized spacial score (nSPS) is 18.5. The molecule has 0 radical (unpaired) electrons. The van der Waals surface area contributed by atoms with E-state index in [4.69, 9.17) is 15.7 Å². The average Bonchev–Trinajstić information content (AvgIpc) is 3.34. The fourth-order valence-electron chi connectivity index (χ4n) is 3.72. The Kier molecular flexibility index (Phi) is 10.4. The van der Waals surface area contributed by atoms with Crippen LogP contribution in [0.25, 0.3) is 0 Å². The van der Waals surface area contributed by atoms with Gasteiger partial charge in [-0.3, -0.25) is 14.7 Å². The van der Waals surface area contributed by atoms with E-state index in [9.17, 15) is 4.79 Å². The zero-order chi connectivity index (χ0) is 19.8. The Hall–Kier alpha value is -1.14. The SMILES string of the molecule is CCNC(=NCCc1csc(N2CCCC2)n1)NC1CCN(CC(N)=O)CC1.I. The molecule has 0 bridgehead atoms. The topological polar surface area (TPSA) is 98.9 Å². The number of aliphatic imine (C=N–C) groups is 1. The molecule has 1 aromatic rings. The molecule has 4 N–H and O–H groups in total. The largest absolute Gasteiger partial charge is 0.369 e. The molecule has 3 rings (SSSR count). The second kappa shape index (κ2) is 12.5. The van der Waals surface area contributed by atoms with Crippen molar-refractivity contribution in [1.29, 1.82) is 0 Å². The molecule has 0 spiro atoms. The first-order chi connectivity index (χ1) is 13.6. The number of piperidine rings is 1. The van der Waals surface area contributed by atoms with E-state index >= 15 is 0 Å². The molecule has 0 atom stereocenters. The van der Waals surface area contributed by atoms with Crippen molar-refractivity contribution in [3.05, 3.63) is 11.1 Å². The summed E-state index contributed by atoms with van der Waals surface area (Å²) in [6.07, 6.45) is 5.39. The van der Waals surface area contributed by atoms with Gasteiger partial charge in [0.05, 0.1) is 12.2 Å². The lowest BCUT2D eigenvalue weighted by Crippen LogP contribution is -2.49. The lowest BCUT2D eigenvalue weighted by molar-refractivity contribution is -0.119. The molecule has 0 aromatic carbocycles. The maximum absolute atomic E-state index is 11.1. The lowest BCUT2D eigenvalue weighted by Gasteiger charge is -2.32. The second-order valence-corrected chi connectivity index (χ2v) is 8.32. The predicted octanol–water partition coefficient (Wildman–Crippen LogP) is 1.41. The van der Waals surface area contributed by atoms with E-state index in [2.05, 4.69) is 32.7 Å². The number of nitrogens with one attached hydrogen (secondary N) is 2. The molecule has 2 fully saturated rings. The van der Waals surface area contributed by atoms with E-state index in [1.54, 1.807) is 11.3 Å². The summed E-state index contributed by atoms with van der Waals surface area (Å²) in [4.78, 5) is 25.1.